The van der Waals surface area contributed by atoms with Crippen LogP contribution in [0.1, 0.15) is 32.1 Å². The summed E-state index contributed by atoms with van der Waals surface area (Å²) in [5.41, 5.74) is -0.00528. The molecule has 2 aliphatic rings. The minimum atomic E-state index is -0.00528. The number of aliphatic hydroxyl groups is 1. The first-order chi connectivity index (χ1) is 7.26. The van der Waals surface area contributed by atoms with Crippen LogP contribution < -0.4 is 5.32 Å². The second-order valence-corrected chi connectivity index (χ2v) is 4.87. The molecule has 0 aromatic heterocycles. The summed E-state index contributed by atoms with van der Waals surface area (Å²) in [6.45, 7) is 2.58. The lowest BCUT2D eigenvalue weighted by Crippen LogP contribution is -2.50. The number of hydrogen-bond acceptors (Lipinski definition) is 2. The van der Waals surface area contributed by atoms with Crippen molar-refractivity contribution in [2.75, 3.05) is 26.2 Å². The van der Waals surface area contributed by atoms with Crippen LogP contribution in [0.3, 0.4) is 0 Å². The van der Waals surface area contributed by atoms with Crippen molar-refractivity contribution < 1.29 is 9.90 Å². The van der Waals surface area contributed by atoms with Gasteiger partial charge in [0.25, 0.3) is 0 Å². The summed E-state index contributed by atoms with van der Waals surface area (Å²) in [6, 6.07) is 0.0426. The van der Waals surface area contributed by atoms with Gasteiger partial charge in [0.2, 0.25) is 0 Å². The van der Waals surface area contributed by atoms with E-state index in [0.717, 1.165) is 38.9 Å². The summed E-state index contributed by atoms with van der Waals surface area (Å²) >= 11 is 0. The van der Waals surface area contributed by atoms with Crippen molar-refractivity contribution in [2.24, 2.45) is 5.41 Å². The number of aliphatic hydroxyl groups excluding tert-OH is 1. The highest BCUT2D eigenvalue weighted by molar-refractivity contribution is 5.74. The SMILES string of the molecule is O=C1NCCCN1CC1(CO)CCCC1. The molecule has 0 aromatic rings. The Morgan fingerprint density at radius 2 is 2.07 bits per heavy atom. The van der Waals surface area contributed by atoms with Gasteiger partial charge in [-0.25, -0.2) is 4.79 Å². The van der Waals surface area contributed by atoms with Crippen molar-refractivity contribution in [3.05, 3.63) is 0 Å². The highest BCUT2D eigenvalue weighted by Gasteiger charge is 2.36. The van der Waals surface area contributed by atoms with Crippen molar-refractivity contribution in [3.63, 3.8) is 0 Å². The lowest BCUT2D eigenvalue weighted by atomic mass is 9.86. The Morgan fingerprint density at radius 1 is 1.33 bits per heavy atom. The smallest absolute Gasteiger partial charge is 0.317 e. The molecule has 0 radical (unpaired) electrons. The molecule has 0 atom stereocenters. The van der Waals surface area contributed by atoms with Crippen LogP contribution in [0.25, 0.3) is 0 Å². The van der Waals surface area contributed by atoms with Crippen molar-refractivity contribution >= 4 is 6.03 Å². The van der Waals surface area contributed by atoms with E-state index in [4.69, 9.17) is 0 Å². The quantitative estimate of drug-likeness (QED) is 0.732. The maximum atomic E-state index is 11.6. The lowest BCUT2D eigenvalue weighted by molar-refractivity contribution is 0.0842. The third-order valence-electron chi connectivity index (χ3n) is 3.69. The van der Waals surface area contributed by atoms with Crippen LogP contribution in [-0.2, 0) is 0 Å². The molecule has 15 heavy (non-hydrogen) atoms. The molecule has 4 heteroatoms. The van der Waals surface area contributed by atoms with E-state index in [0.29, 0.717) is 0 Å². The summed E-state index contributed by atoms with van der Waals surface area (Å²) in [5.74, 6) is 0. The van der Waals surface area contributed by atoms with Crippen LogP contribution in [-0.4, -0.2) is 42.3 Å². The molecule has 2 fully saturated rings. The van der Waals surface area contributed by atoms with Gasteiger partial charge in [-0.1, -0.05) is 12.8 Å². The van der Waals surface area contributed by atoms with Gasteiger partial charge in [-0.05, 0) is 19.3 Å². The van der Waals surface area contributed by atoms with Gasteiger partial charge in [0.15, 0.2) is 0 Å². The Balaban J connectivity index is 1.96. The van der Waals surface area contributed by atoms with E-state index in [-0.39, 0.29) is 18.1 Å². The summed E-state index contributed by atoms with van der Waals surface area (Å²) in [7, 11) is 0. The summed E-state index contributed by atoms with van der Waals surface area (Å²) in [6.07, 6.45) is 5.53. The largest absolute Gasteiger partial charge is 0.396 e. The van der Waals surface area contributed by atoms with Gasteiger partial charge >= 0.3 is 6.03 Å². The third-order valence-corrected chi connectivity index (χ3v) is 3.69. The molecule has 0 unspecified atom stereocenters. The second kappa shape index (κ2) is 4.39. The maximum Gasteiger partial charge on any atom is 0.317 e. The molecular formula is C11H20N2O2. The van der Waals surface area contributed by atoms with Crippen LogP contribution >= 0.6 is 0 Å². The molecule has 1 aliphatic heterocycles. The summed E-state index contributed by atoms with van der Waals surface area (Å²) in [4.78, 5) is 13.4. The van der Waals surface area contributed by atoms with Crippen LogP contribution in [0.5, 0.6) is 0 Å². The molecule has 0 spiro atoms. The Morgan fingerprint density at radius 3 is 2.67 bits per heavy atom. The van der Waals surface area contributed by atoms with Crippen molar-refractivity contribution in [1.29, 1.82) is 0 Å². The number of carbonyl (C=O) groups is 1. The summed E-state index contributed by atoms with van der Waals surface area (Å²) in [5, 5.41) is 12.3. The van der Waals surface area contributed by atoms with E-state index in [1.807, 2.05) is 4.90 Å². The molecule has 1 aliphatic carbocycles. The van der Waals surface area contributed by atoms with E-state index in [1.165, 1.54) is 12.8 Å². The number of carbonyl (C=O) groups excluding carboxylic acids is 1. The average Bonchev–Trinajstić information content (AvgIpc) is 2.71. The summed E-state index contributed by atoms with van der Waals surface area (Å²) < 4.78 is 0. The Kier molecular flexibility index (Phi) is 3.14. The van der Waals surface area contributed by atoms with E-state index in [2.05, 4.69) is 5.32 Å². The zero-order valence-corrected chi connectivity index (χ0v) is 9.17. The fraction of sp³-hybridized carbons (Fsp3) is 0.909. The molecule has 1 heterocycles. The predicted octanol–water partition coefficient (Wildman–Crippen LogP) is 0.954. The number of rotatable bonds is 3. The monoisotopic (exact) mass is 212 g/mol. The first kappa shape index (κ1) is 10.7. The van der Waals surface area contributed by atoms with Crippen LogP contribution in [0.15, 0.2) is 0 Å². The topological polar surface area (TPSA) is 52.6 Å². The number of amides is 2. The van der Waals surface area contributed by atoms with Gasteiger partial charge in [0.05, 0.1) is 6.61 Å². The highest BCUT2D eigenvalue weighted by Crippen LogP contribution is 2.38. The normalized spacial score (nSPS) is 25.4. The van der Waals surface area contributed by atoms with Gasteiger partial charge in [0.1, 0.15) is 0 Å². The van der Waals surface area contributed by atoms with Crippen molar-refractivity contribution in [1.82, 2.24) is 10.2 Å². The number of hydrogen-bond donors (Lipinski definition) is 2. The average molecular weight is 212 g/mol. The molecule has 2 N–H and O–H groups in total. The Bertz CT molecular complexity index is 237. The molecule has 1 saturated carbocycles. The molecular weight excluding hydrogens is 192 g/mol. The van der Waals surface area contributed by atoms with Crippen molar-refractivity contribution in [3.8, 4) is 0 Å². The number of urea groups is 1. The fourth-order valence-corrected chi connectivity index (χ4v) is 2.73. The number of nitrogens with one attached hydrogen (secondary N) is 1. The molecule has 1 saturated heterocycles. The molecule has 4 nitrogen and oxygen atoms in total. The fourth-order valence-electron chi connectivity index (χ4n) is 2.73. The lowest BCUT2D eigenvalue weighted by Gasteiger charge is -2.36. The first-order valence-electron chi connectivity index (χ1n) is 5.89. The molecule has 0 bridgehead atoms. The maximum absolute atomic E-state index is 11.6. The molecule has 2 amide bonds. The minimum absolute atomic E-state index is 0.00528. The minimum Gasteiger partial charge on any atom is -0.396 e. The predicted molar refractivity (Wildman–Crippen MR) is 57.6 cm³/mol. The van der Waals surface area contributed by atoms with Crippen LogP contribution in [0.4, 0.5) is 4.79 Å². The zero-order chi connectivity index (χ0) is 10.7. The van der Waals surface area contributed by atoms with Gasteiger partial charge in [-0.15, -0.1) is 0 Å². The third kappa shape index (κ3) is 2.25. The van der Waals surface area contributed by atoms with Gasteiger partial charge in [-0.2, -0.15) is 0 Å². The molecule has 0 aromatic carbocycles. The van der Waals surface area contributed by atoms with Crippen LogP contribution in [0, 0.1) is 5.41 Å². The van der Waals surface area contributed by atoms with E-state index in [9.17, 15) is 9.90 Å². The highest BCUT2D eigenvalue weighted by atomic mass is 16.3. The first-order valence-corrected chi connectivity index (χ1v) is 5.89. The molecule has 86 valence electrons. The van der Waals surface area contributed by atoms with Gasteiger partial charge in [0, 0.05) is 25.0 Å². The Labute approximate surface area is 90.6 Å². The standard InChI is InChI=1S/C11H20N2O2/c14-9-11(4-1-2-5-11)8-13-7-3-6-12-10(13)15/h14H,1-9H2,(H,12,15). The molecule has 2 rings (SSSR count). The van der Waals surface area contributed by atoms with E-state index >= 15 is 0 Å². The van der Waals surface area contributed by atoms with Gasteiger partial charge < -0.3 is 15.3 Å². The zero-order valence-electron chi connectivity index (χ0n) is 9.17. The van der Waals surface area contributed by atoms with Crippen molar-refractivity contribution in [2.45, 2.75) is 32.1 Å². The van der Waals surface area contributed by atoms with Crippen LogP contribution in [0.2, 0.25) is 0 Å². The number of nitrogens with zero attached hydrogens (tertiary/aromatic N) is 1. The van der Waals surface area contributed by atoms with E-state index in [1.54, 1.807) is 0 Å². The second-order valence-electron chi connectivity index (χ2n) is 4.87. The van der Waals surface area contributed by atoms with Gasteiger partial charge in [-0.3, -0.25) is 0 Å². The Hall–Kier alpha value is -0.770. The van der Waals surface area contributed by atoms with E-state index < -0.39 is 0 Å².